The van der Waals surface area contributed by atoms with Crippen LogP contribution in [0.25, 0.3) is 0 Å². The van der Waals surface area contributed by atoms with Crippen LogP contribution >= 0.6 is 0 Å². The SMILES string of the molecule is CCCC[C@@H](CC)CNC(=O)c1ccc(S(=O)(=O)N2CCCC2)cc1. The zero-order chi connectivity index (χ0) is 18.3. The van der Waals surface area contributed by atoms with E-state index in [1.54, 1.807) is 12.1 Å². The van der Waals surface area contributed by atoms with Gasteiger partial charge in [-0.3, -0.25) is 4.79 Å². The van der Waals surface area contributed by atoms with Crippen LogP contribution < -0.4 is 5.32 Å². The van der Waals surface area contributed by atoms with Crippen molar-refractivity contribution in [3.8, 4) is 0 Å². The Labute approximate surface area is 151 Å². The molecular formula is C19H30N2O3S. The predicted molar refractivity (Wildman–Crippen MR) is 100 cm³/mol. The lowest BCUT2D eigenvalue weighted by Gasteiger charge is -2.16. The van der Waals surface area contributed by atoms with Crippen molar-refractivity contribution in [1.82, 2.24) is 9.62 Å². The fraction of sp³-hybridized carbons (Fsp3) is 0.632. The maximum Gasteiger partial charge on any atom is 0.251 e. The molecule has 6 heteroatoms. The molecule has 1 aromatic carbocycles. The monoisotopic (exact) mass is 366 g/mol. The van der Waals surface area contributed by atoms with Crippen LogP contribution in [0.5, 0.6) is 0 Å². The highest BCUT2D eigenvalue weighted by molar-refractivity contribution is 7.89. The molecule has 0 bridgehead atoms. The maximum absolute atomic E-state index is 12.5. The van der Waals surface area contributed by atoms with E-state index in [0.29, 0.717) is 31.1 Å². The number of carbonyl (C=O) groups excluding carboxylic acids is 1. The topological polar surface area (TPSA) is 66.5 Å². The van der Waals surface area contributed by atoms with E-state index in [2.05, 4.69) is 19.2 Å². The number of nitrogens with one attached hydrogen (secondary N) is 1. The average Bonchev–Trinajstić information content (AvgIpc) is 3.17. The minimum atomic E-state index is -3.42. The number of benzene rings is 1. The molecule has 1 aliphatic rings. The minimum Gasteiger partial charge on any atom is -0.352 e. The second kappa shape index (κ2) is 9.34. The second-order valence-corrected chi connectivity index (χ2v) is 8.70. The average molecular weight is 367 g/mol. The quantitative estimate of drug-likeness (QED) is 0.728. The maximum atomic E-state index is 12.5. The van der Waals surface area contributed by atoms with Crippen molar-refractivity contribution in [3.05, 3.63) is 29.8 Å². The number of nitrogens with zero attached hydrogens (tertiary/aromatic N) is 1. The fourth-order valence-corrected chi connectivity index (χ4v) is 4.66. The first kappa shape index (κ1) is 19.9. The Morgan fingerprint density at radius 3 is 2.36 bits per heavy atom. The Morgan fingerprint density at radius 2 is 1.80 bits per heavy atom. The second-order valence-electron chi connectivity index (χ2n) is 6.76. The number of carbonyl (C=O) groups is 1. The van der Waals surface area contributed by atoms with Gasteiger partial charge in [0.1, 0.15) is 0 Å². The molecule has 1 heterocycles. The Kier molecular flexibility index (Phi) is 7.44. The molecule has 0 aromatic heterocycles. The third kappa shape index (κ3) is 5.28. The number of amides is 1. The lowest BCUT2D eigenvalue weighted by atomic mass is 9.99. The van der Waals surface area contributed by atoms with Gasteiger partial charge in [0.05, 0.1) is 4.90 Å². The molecular weight excluding hydrogens is 336 g/mol. The molecule has 5 nitrogen and oxygen atoms in total. The lowest BCUT2D eigenvalue weighted by molar-refractivity contribution is 0.0945. The summed E-state index contributed by atoms with van der Waals surface area (Å²) in [7, 11) is -3.42. The van der Waals surface area contributed by atoms with Gasteiger partial charge in [-0.25, -0.2) is 8.42 Å². The zero-order valence-electron chi connectivity index (χ0n) is 15.3. The van der Waals surface area contributed by atoms with E-state index in [1.165, 1.54) is 22.9 Å². The van der Waals surface area contributed by atoms with Crippen molar-refractivity contribution in [2.24, 2.45) is 5.92 Å². The van der Waals surface area contributed by atoms with Gasteiger partial charge < -0.3 is 5.32 Å². The molecule has 0 saturated carbocycles. The molecule has 1 aliphatic heterocycles. The minimum absolute atomic E-state index is 0.139. The van der Waals surface area contributed by atoms with Crippen LogP contribution in [0.15, 0.2) is 29.2 Å². The smallest absolute Gasteiger partial charge is 0.251 e. The number of rotatable bonds is 9. The summed E-state index contributed by atoms with van der Waals surface area (Å²) in [4.78, 5) is 12.5. The molecule has 1 N–H and O–H groups in total. The molecule has 1 aromatic rings. The van der Waals surface area contributed by atoms with Gasteiger partial charge >= 0.3 is 0 Å². The summed E-state index contributed by atoms with van der Waals surface area (Å²) in [6, 6.07) is 6.28. The Bertz CT molecular complexity index is 650. The number of unbranched alkanes of at least 4 members (excludes halogenated alkanes) is 1. The third-order valence-electron chi connectivity index (χ3n) is 4.91. The largest absolute Gasteiger partial charge is 0.352 e. The van der Waals surface area contributed by atoms with Crippen LogP contribution in [-0.2, 0) is 10.0 Å². The normalized spacial score (nSPS) is 16.7. The first-order chi connectivity index (χ1) is 12.0. The van der Waals surface area contributed by atoms with Gasteiger partial charge in [0.15, 0.2) is 0 Å². The number of sulfonamides is 1. The summed E-state index contributed by atoms with van der Waals surface area (Å²) in [5.41, 5.74) is 0.505. The Morgan fingerprint density at radius 1 is 1.16 bits per heavy atom. The summed E-state index contributed by atoms with van der Waals surface area (Å²) >= 11 is 0. The standard InChI is InChI=1S/C19H30N2O3S/c1-3-5-8-16(4-2)15-20-19(22)17-9-11-18(12-10-17)25(23,24)21-13-6-7-14-21/h9-12,16H,3-8,13-15H2,1-2H3,(H,20,22)/t16-/m1/s1. The molecule has 0 unspecified atom stereocenters. The molecule has 25 heavy (non-hydrogen) atoms. The Balaban J connectivity index is 1.95. The third-order valence-corrected chi connectivity index (χ3v) is 6.83. The Hall–Kier alpha value is -1.40. The van der Waals surface area contributed by atoms with Crippen molar-refractivity contribution in [1.29, 1.82) is 0 Å². The molecule has 0 radical (unpaired) electrons. The lowest BCUT2D eigenvalue weighted by Crippen LogP contribution is -2.29. The summed E-state index contributed by atoms with van der Waals surface area (Å²) < 4.78 is 26.5. The van der Waals surface area contributed by atoms with Crippen LogP contribution in [0.1, 0.15) is 62.7 Å². The van der Waals surface area contributed by atoms with Crippen LogP contribution in [0, 0.1) is 5.92 Å². The molecule has 0 spiro atoms. The van der Waals surface area contributed by atoms with Crippen molar-refractivity contribution < 1.29 is 13.2 Å². The summed E-state index contributed by atoms with van der Waals surface area (Å²) in [5.74, 6) is 0.360. The predicted octanol–water partition coefficient (Wildman–Crippen LogP) is 3.42. The van der Waals surface area contributed by atoms with Crippen molar-refractivity contribution in [3.63, 3.8) is 0 Å². The molecule has 1 atom stereocenters. The van der Waals surface area contributed by atoms with Crippen molar-refractivity contribution in [2.45, 2.75) is 57.3 Å². The molecule has 1 fully saturated rings. The first-order valence-corrected chi connectivity index (χ1v) is 10.8. The molecule has 140 valence electrons. The highest BCUT2D eigenvalue weighted by Crippen LogP contribution is 2.21. The van der Waals surface area contributed by atoms with E-state index >= 15 is 0 Å². The van der Waals surface area contributed by atoms with Gasteiger partial charge in [0.25, 0.3) is 5.91 Å². The molecule has 1 saturated heterocycles. The van der Waals surface area contributed by atoms with Gasteiger partial charge in [-0.1, -0.05) is 33.1 Å². The highest BCUT2D eigenvalue weighted by atomic mass is 32.2. The van der Waals surface area contributed by atoms with E-state index in [4.69, 9.17) is 0 Å². The first-order valence-electron chi connectivity index (χ1n) is 9.37. The van der Waals surface area contributed by atoms with Gasteiger partial charge in [0.2, 0.25) is 10.0 Å². The van der Waals surface area contributed by atoms with E-state index in [9.17, 15) is 13.2 Å². The van der Waals surface area contributed by atoms with Gasteiger partial charge in [-0.05, 0) is 49.4 Å². The number of hydrogen-bond acceptors (Lipinski definition) is 3. The highest BCUT2D eigenvalue weighted by Gasteiger charge is 2.27. The molecule has 1 amide bonds. The zero-order valence-corrected chi connectivity index (χ0v) is 16.1. The van der Waals surface area contributed by atoms with Gasteiger partial charge in [-0.15, -0.1) is 0 Å². The van der Waals surface area contributed by atoms with Crippen LogP contribution in [0.4, 0.5) is 0 Å². The van der Waals surface area contributed by atoms with Crippen molar-refractivity contribution >= 4 is 15.9 Å². The van der Waals surface area contributed by atoms with E-state index in [0.717, 1.165) is 32.1 Å². The van der Waals surface area contributed by atoms with Crippen LogP contribution in [0.2, 0.25) is 0 Å². The van der Waals surface area contributed by atoms with Crippen LogP contribution in [0.3, 0.4) is 0 Å². The molecule has 2 rings (SSSR count). The fourth-order valence-electron chi connectivity index (χ4n) is 3.14. The van der Waals surface area contributed by atoms with Crippen LogP contribution in [-0.4, -0.2) is 38.3 Å². The van der Waals surface area contributed by atoms with E-state index < -0.39 is 10.0 Å². The molecule has 0 aliphatic carbocycles. The van der Waals surface area contributed by atoms with Crippen molar-refractivity contribution in [2.75, 3.05) is 19.6 Å². The van der Waals surface area contributed by atoms with E-state index in [-0.39, 0.29) is 10.8 Å². The summed E-state index contributed by atoms with van der Waals surface area (Å²) in [5, 5.41) is 2.97. The van der Waals surface area contributed by atoms with Gasteiger partial charge in [0, 0.05) is 25.2 Å². The van der Waals surface area contributed by atoms with Gasteiger partial charge in [-0.2, -0.15) is 4.31 Å². The van der Waals surface area contributed by atoms with E-state index in [1.807, 2.05) is 0 Å². The summed E-state index contributed by atoms with van der Waals surface area (Å²) in [6.07, 6.45) is 6.34. The number of hydrogen-bond donors (Lipinski definition) is 1. The summed E-state index contributed by atoms with van der Waals surface area (Å²) in [6.45, 7) is 6.15.